The predicted molar refractivity (Wildman–Crippen MR) is 123 cm³/mol. The van der Waals surface area contributed by atoms with Crippen molar-refractivity contribution < 1.29 is 19.4 Å². The van der Waals surface area contributed by atoms with Gasteiger partial charge < -0.3 is 19.9 Å². The summed E-state index contributed by atoms with van der Waals surface area (Å²) in [4.78, 5) is 12.9. The van der Waals surface area contributed by atoms with Gasteiger partial charge in [0.2, 0.25) is 0 Å². The summed E-state index contributed by atoms with van der Waals surface area (Å²) in [5, 5.41) is 13.6. The molecule has 30 heavy (non-hydrogen) atoms. The molecule has 1 aliphatic carbocycles. The highest BCUT2D eigenvalue weighted by molar-refractivity contribution is 14.1. The van der Waals surface area contributed by atoms with Crippen molar-refractivity contribution in [2.24, 2.45) is 5.92 Å². The Hall–Kier alpha value is -1.64. The summed E-state index contributed by atoms with van der Waals surface area (Å²) in [5.41, 5.74) is 1.50. The minimum absolute atomic E-state index is 0.0671. The first-order chi connectivity index (χ1) is 14.6. The number of nitrogens with one attached hydrogen (secondary N) is 1. The van der Waals surface area contributed by atoms with Gasteiger partial charge in [-0.05, 0) is 49.1 Å². The van der Waals surface area contributed by atoms with Crippen LogP contribution >= 0.6 is 22.6 Å². The molecular weight excluding hydrogens is 493 g/mol. The molecule has 0 spiro atoms. The molecule has 0 radical (unpaired) electrons. The lowest BCUT2D eigenvalue weighted by Crippen LogP contribution is -2.63. The fraction of sp³-hybridized carbons (Fsp3) is 0.458. The van der Waals surface area contributed by atoms with Crippen LogP contribution < -0.4 is 5.32 Å². The third kappa shape index (κ3) is 5.15. The smallest absolute Gasteiger partial charge is 0.408 e. The van der Waals surface area contributed by atoms with Crippen LogP contribution in [0.1, 0.15) is 36.8 Å². The number of rotatable bonds is 7. The third-order valence-corrected chi connectivity index (χ3v) is 7.32. The standard InChI is InChI=1S/C24H28INO4/c25-20-13-14-21(30-22(20)27)24(19-11-12-19,15-17-7-3-1-4-8-17)26-23(28)29-16-18-9-5-2-6-10-18/h1-10,19-22,27H,11-16H2,(H,26,28)/t20-,21-,22-,24-/m0/s1. The number of carbonyl (C=O) groups is 1. The van der Waals surface area contributed by atoms with Crippen molar-refractivity contribution in [1.82, 2.24) is 5.32 Å². The minimum atomic E-state index is -0.819. The Kier molecular flexibility index (Phi) is 6.95. The van der Waals surface area contributed by atoms with E-state index in [9.17, 15) is 9.90 Å². The monoisotopic (exact) mass is 521 g/mol. The van der Waals surface area contributed by atoms with Crippen LogP contribution in [0.3, 0.4) is 0 Å². The number of alkyl halides is 1. The first-order valence-corrected chi connectivity index (χ1v) is 11.8. The van der Waals surface area contributed by atoms with E-state index in [1.54, 1.807) is 0 Å². The van der Waals surface area contributed by atoms with Crippen molar-refractivity contribution in [2.75, 3.05) is 0 Å². The first-order valence-electron chi connectivity index (χ1n) is 10.6. The molecule has 2 aliphatic rings. The summed E-state index contributed by atoms with van der Waals surface area (Å²) in [6.45, 7) is 0.225. The van der Waals surface area contributed by atoms with Crippen LogP contribution in [0.5, 0.6) is 0 Å². The van der Waals surface area contributed by atoms with Crippen molar-refractivity contribution in [3.63, 3.8) is 0 Å². The van der Waals surface area contributed by atoms with Crippen LogP contribution in [0, 0.1) is 5.92 Å². The minimum Gasteiger partial charge on any atom is -0.445 e. The van der Waals surface area contributed by atoms with Gasteiger partial charge in [-0.1, -0.05) is 83.3 Å². The molecule has 1 saturated heterocycles. The summed E-state index contributed by atoms with van der Waals surface area (Å²) in [5.74, 6) is 0.310. The molecule has 5 nitrogen and oxygen atoms in total. The number of hydrogen-bond acceptors (Lipinski definition) is 4. The highest BCUT2D eigenvalue weighted by Crippen LogP contribution is 2.47. The lowest BCUT2D eigenvalue weighted by molar-refractivity contribution is -0.181. The van der Waals surface area contributed by atoms with Gasteiger partial charge in [0.15, 0.2) is 6.29 Å². The molecule has 0 unspecified atom stereocenters. The van der Waals surface area contributed by atoms with Crippen molar-refractivity contribution in [2.45, 2.75) is 60.6 Å². The number of ether oxygens (including phenoxy) is 2. The zero-order valence-corrected chi connectivity index (χ0v) is 19.0. The molecule has 2 aromatic carbocycles. The van der Waals surface area contributed by atoms with Gasteiger partial charge in [0.1, 0.15) is 6.61 Å². The first kappa shape index (κ1) is 21.6. The average Bonchev–Trinajstić information content (AvgIpc) is 3.61. The van der Waals surface area contributed by atoms with Gasteiger partial charge in [0.25, 0.3) is 0 Å². The number of aliphatic hydroxyl groups is 1. The summed E-state index contributed by atoms with van der Waals surface area (Å²) < 4.78 is 11.7. The second kappa shape index (κ2) is 9.66. The fourth-order valence-corrected chi connectivity index (χ4v) is 4.91. The number of hydrogen-bond donors (Lipinski definition) is 2. The van der Waals surface area contributed by atoms with Crippen LogP contribution in [0.2, 0.25) is 0 Å². The Balaban J connectivity index is 1.55. The lowest BCUT2D eigenvalue weighted by Gasteiger charge is -2.45. The number of halogens is 1. The SMILES string of the molecule is O=C(N[C@@](Cc1ccccc1)(C1CC1)[C@@H]1CC[C@H](I)[C@@H](O)O1)OCc1ccccc1. The van der Waals surface area contributed by atoms with E-state index >= 15 is 0 Å². The normalized spacial score (nSPS) is 25.9. The molecule has 160 valence electrons. The van der Waals surface area contributed by atoms with Gasteiger partial charge >= 0.3 is 6.09 Å². The van der Waals surface area contributed by atoms with Crippen LogP contribution in [0.25, 0.3) is 0 Å². The van der Waals surface area contributed by atoms with E-state index in [0.29, 0.717) is 12.3 Å². The van der Waals surface area contributed by atoms with Gasteiger partial charge in [-0.15, -0.1) is 0 Å². The van der Waals surface area contributed by atoms with E-state index in [-0.39, 0.29) is 16.6 Å². The summed E-state index contributed by atoms with van der Waals surface area (Å²) in [7, 11) is 0. The van der Waals surface area contributed by atoms with E-state index in [1.807, 2.05) is 48.5 Å². The molecule has 0 aromatic heterocycles. The maximum absolute atomic E-state index is 12.9. The summed E-state index contributed by atoms with van der Waals surface area (Å²) >= 11 is 2.24. The number of alkyl carbamates (subject to hydrolysis) is 1. The molecule has 1 heterocycles. The highest BCUT2D eigenvalue weighted by Gasteiger charge is 2.54. The molecule has 1 amide bonds. The maximum Gasteiger partial charge on any atom is 0.408 e. The Morgan fingerprint density at radius 1 is 1.03 bits per heavy atom. The quantitative estimate of drug-likeness (QED) is 0.413. The molecule has 6 heteroatoms. The molecule has 2 aromatic rings. The molecular formula is C24H28INO4. The Labute approximate surface area is 191 Å². The van der Waals surface area contributed by atoms with Crippen molar-refractivity contribution in [3.8, 4) is 0 Å². The molecule has 1 saturated carbocycles. The van der Waals surface area contributed by atoms with Gasteiger partial charge in [-0.25, -0.2) is 4.79 Å². The van der Waals surface area contributed by atoms with Crippen LogP contribution in [0.15, 0.2) is 60.7 Å². The zero-order chi connectivity index (χ0) is 21.0. The average molecular weight is 521 g/mol. The number of benzene rings is 2. The van der Waals surface area contributed by atoms with E-state index in [2.05, 4.69) is 40.0 Å². The molecule has 4 atom stereocenters. The van der Waals surface area contributed by atoms with Crippen molar-refractivity contribution in [3.05, 3.63) is 71.8 Å². The van der Waals surface area contributed by atoms with Crippen molar-refractivity contribution >= 4 is 28.7 Å². The van der Waals surface area contributed by atoms with Gasteiger partial charge in [0, 0.05) is 0 Å². The largest absolute Gasteiger partial charge is 0.445 e. The molecule has 0 bridgehead atoms. The predicted octanol–water partition coefficient (Wildman–Crippen LogP) is 4.61. The Bertz CT molecular complexity index is 830. The van der Waals surface area contributed by atoms with Crippen molar-refractivity contribution in [1.29, 1.82) is 0 Å². The zero-order valence-electron chi connectivity index (χ0n) is 16.9. The Morgan fingerprint density at radius 2 is 1.67 bits per heavy atom. The van der Waals surface area contributed by atoms with Gasteiger partial charge in [-0.2, -0.15) is 0 Å². The second-order valence-corrected chi connectivity index (χ2v) is 9.87. The molecule has 1 aliphatic heterocycles. The summed E-state index contributed by atoms with van der Waals surface area (Å²) in [6, 6.07) is 19.8. The highest BCUT2D eigenvalue weighted by atomic mass is 127. The maximum atomic E-state index is 12.9. The molecule has 4 rings (SSSR count). The van der Waals surface area contributed by atoms with E-state index in [4.69, 9.17) is 9.47 Å². The van der Waals surface area contributed by atoms with Crippen LogP contribution in [-0.2, 0) is 22.5 Å². The third-order valence-electron chi connectivity index (χ3n) is 6.09. The molecule has 2 N–H and O–H groups in total. The topological polar surface area (TPSA) is 67.8 Å². The van der Waals surface area contributed by atoms with Crippen LogP contribution in [-0.4, -0.2) is 33.1 Å². The number of amides is 1. The van der Waals surface area contributed by atoms with Gasteiger partial charge in [0.05, 0.1) is 15.6 Å². The number of carbonyl (C=O) groups excluding carboxylic acids is 1. The summed E-state index contributed by atoms with van der Waals surface area (Å²) in [6.07, 6.45) is 2.88. The van der Waals surface area contributed by atoms with Crippen LogP contribution in [0.4, 0.5) is 4.79 Å². The molecule has 2 fully saturated rings. The van der Waals surface area contributed by atoms with Gasteiger partial charge in [-0.3, -0.25) is 0 Å². The second-order valence-electron chi connectivity index (χ2n) is 8.27. The lowest BCUT2D eigenvalue weighted by atomic mass is 9.78. The fourth-order valence-electron chi connectivity index (χ4n) is 4.38. The van der Waals surface area contributed by atoms with E-state index in [0.717, 1.165) is 36.8 Å². The van der Waals surface area contributed by atoms with E-state index < -0.39 is 17.9 Å². The Morgan fingerprint density at radius 3 is 2.27 bits per heavy atom. The van der Waals surface area contributed by atoms with E-state index in [1.165, 1.54) is 0 Å². The number of aliphatic hydroxyl groups excluding tert-OH is 1.